The Morgan fingerprint density at radius 2 is 1.11 bits per heavy atom. The van der Waals surface area contributed by atoms with E-state index >= 15 is 0 Å². The summed E-state index contributed by atoms with van der Waals surface area (Å²) in [6, 6.07) is 27.1. The first-order chi connectivity index (χ1) is 26.8. The lowest BCUT2D eigenvalue weighted by molar-refractivity contribution is 0.255. The highest BCUT2D eigenvalue weighted by molar-refractivity contribution is 5.74. The van der Waals surface area contributed by atoms with Gasteiger partial charge >= 0.3 is 0 Å². The highest BCUT2D eigenvalue weighted by atomic mass is 16.5. The summed E-state index contributed by atoms with van der Waals surface area (Å²) in [7, 11) is 8.60. The lowest BCUT2D eigenvalue weighted by atomic mass is 9.90. The summed E-state index contributed by atoms with van der Waals surface area (Å²) in [6.07, 6.45) is 9.40. The van der Waals surface area contributed by atoms with Crippen molar-refractivity contribution in [1.82, 2.24) is 19.0 Å². The molecule has 284 valence electrons. The molecule has 1 saturated heterocycles. The molecule has 4 aromatic heterocycles. The van der Waals surface area contributed by atoms with Crippen LogP contribution in [0.5, 0.6) is 23.0 Å². The molecule has 10 nitrogen and oxygen atoms in total. The predicted molar refractivity (Wildman–Crippen MR) is 219 cm³/mol. The highest BCUT2D eigenvalue weighted by Crippen LogP contribution is 2.34. The number of pyridine rings is 4. The van der Waals surface area contributed by atoms with Crippen LogP contribution in [0.1, 0.15) is 36.3 Å². The summed E-state index contributed by atoms with van der Waals surface area (Å²) in [5, 5.41) is 3.31. The number of fused-ring (bicyclic) bond motifs is 2. The van der Waals surface area contributed by atoms with E-state index in [0.29, 0.717) is 28.9 Å². The quantitative estimate of drug-likeness (QED) is 0.176. The largest absolute Gasteiger partial charge is 0.493 e. The summed E-state index contributed by atoms with van der Waals surface area (Å²) >= 11 is 0. The van der Waals surface area contributed by atoms with Crippen molar-refractivity contribution >= 4 is 16.6 Å². The van der Waals surface area contributed by atoms with Gasteiger partial charge in [-0.05, 0) is 139 Å². The number of rotatable bonds is 8. The maximum atomic E-state index is 12.8. The number of hydrogen-bond donors (Lipinski definition) is 1. The minimum Gasteiger partial charge on any atom is -0.493 e. The zero-order valence-electron chi connectivity index (χ0n) is 32.1. The van der Waals surface area contributed by atoms with E-state index in [1.807, 2.05) is 67.0 Å². The van der Waals surface area contributed by atoms with E-state index in [9.17, 15) is 9.59 Å². The second-order valence-electron chi connectivity index (χ2n) is 14.0. The standard InChI is InChI=1S/C23H26N2O3.C22H22N2O3/c1-24-10-8-16(9-11-24)18-4-6-20-12-19(14-23(26)25(20)15-18)17-5-7-21(27-2)22(13-17)28-3;1-26-20-6-4-16(12-21(20)27-2)18-11-19-5-3-17(14-24(19)22(25)13-18)15-7-9-23-10-8-15/h4-7,12-16H,8-11H2,1-3H3;3-7,11-14,23H,8-10H2,1-2H3. The van der Waals surface area contributed by atoms with Crippen LogP contribution in [0.4, 0.5) is 0 Å². The molecule has 6 heterocycles. The molecule has 10 heteroatoms. The average Bonchev–Trinajstić information content (AvgIpc) is 3.23. The van der Waals surface area contributed by atoms with Gasteiger partial charge in [-0.15, -0.1) is 0 Å². The number of nitrogens with zero attached hydrogens (tertiary/aromatic N) is 3. The van der Waals surface area contributed by atoms with Gasteiger partial charge in [0, 0.05) is 42.1 Å². The molecule has 0 atom stereocenters. The maximum absolute atomic E-state index is 12.8. The lowest BCUT2D eigenvalue weighted by Crippen LogP contribution is -2.29. The molecule has 8 rings (SSSR count). The third-order valence-corrected chi connectivity index (χ3v) is 10.7. The SMILES string of the molecule is COc1ccc(-c2cc(=O)n3cc(C4=CCNCC4)ccc3c2)cc1OC.COc1ccc(-c2cc(=O)n3cc(C4CCN(C)CC4)ccc3c2)cc1OC. The molecule has 2 aliphatic rings. The first-order valence-electron chi connectivity index (χ1n) is 18.6. The van der Waals surface area contributed by atoms with Crippen molar-refractivity contribution in [3.8, 4) is 45.3 Å². The number of aromatic nitrogens is 2. The van der Waals surface area contributed by atoms with Gasteiger partial charge in [0.25, 0.3) is 11.1 Å². The summed E-state index contributed by atoms with van der Waals surface area (Å²) in [5.41, 5.74) is 8.91. The minimum atomic E-state index is -0.0475. The van der Waals surface area contributed by atoms with Gasteiger partial charge in [0.05, 0.1) is 28.4 Å². The molecule has 0 amide bonds. The Hall–Kier alpha value is -5.84. The monoisotopic (exact) mass is 740 g/mol. The van der Waals surface area contributed by atoms with Gasteiger partial charge in [0.15, 0.2) is 23.0 Å². The molecular weight excluding hydrogens is 693 g/mol. The van der Waals surface area contributed by atoms with Crippen molar-refractivity contribution in [2.24, 2.45) is 0 Å². The van der Waals surface area contributed by atoms with Crippen LogP contribution in [-0.2, 0) is 0 Å². The predicted octanol–water partition coefficient (Wildman–Crippen LogP) is 7.15. The van der Waals surface area contributed by atoms with E-state index in [-0.39, 0.29) is 11.1 Å². The number of ether oxygens (including phenoxy) is 4. The summed E-state index contributed by atoms with van der Waals surface area (Å²) in [5.74, 6) is 3.16. The van der Waals surface area contributed by atoms with Gasteiger partial charge in [0.2, 0.25) is 0 Å². The van der Waals surface area contributed by atoms with E-state index in [2.05, 4.69) is 41.5 Å². The normalized spacial score (nSPS) is 14.9. The van der Waals surface area contributed by atoms with E-state index in [1.165, 1.54) is 11.1 Å². The number of methoxy groups -OCH3 is 4. The summed E-state index contributed by atoms with van der Waals surface area (Å²) < 4.78 is 24.8. The van der Waals surface area contributed by atoms with Crippen LogP contribution in [0.2, 0.25) is 0 Å². The van der Waals surface area contributed by atoms with Crippen molar-refractivity contribution in [1.29, 1.82) is 0 Å². The Balaban J connectivity index is 0.000000169. The fraction of sp³-hybridized carbons (Fsp3) is 0.289. The first kappa shape index (κ1) is 37.5. The maximum Gasteiger partial charge on any atom is 0.255 e. The van der Waals surface area contributed by atoms with Gasteiger partial charge in [-0.1, -0.05) is 30.3 Å². The van der Waals surface area contributed by atoms with Crippen molar-refractivity contribution < 1.29 is 18.9 Å². The van der Waals surface area contributed by atoms with Crippen molar-refractivity contribution in [3.63, 3.8) is 0 Å². The molecule has 0 bridgehead atoms. The van der Waals surface area contributed by atoms with Crippen LogP contribution in [-0.4, -0.2) is 75.4 Å². The molecule has 0 radical (unpaired) electrons. The van der Waals surface area contributed by atoms with Crippen molar-refractivity contribution in [3.05, 3.63) is 135 Å². The zero-order chi connectivity index (χ0) is 38.5. The zero-order valence-corrected chi connectivity index (χ0v) is 32.1. The molecular formula is C45H48N4O6. The number of piperidine rings is 1. The molecule has 2 aliphatic heterocycles. The van der Waals surface area contributed by atoms with Crippen LogP contribution in [0.15, 0.2) is 113 Å². The lowest BCUT2D eigenvalue weighted by Gasteiger charge is -2.29. The second-order valence-corrected chi connectivity index (χ2v) is 14.0. The van der Waals surface area contributed by atoms with Crippen LogP contribution in [0, 0.1) is 0 Å². The topological polar surface area (TPSA) is 95.2 Å². The molecule has 55 heavy (non-hydrogen) atoms. The van der Waals surface area contributed by atoms with E-state index in [1.54, 1.807) is 49.4 Å². The third kappa shape index (κ3) is 8.16. The van der Waals surface area contributed by atoms with E-state index in [0.717, 1.165) is 84.3 Å². The molecule has 0 spiro atoms. The summed E-state index contributed by atoms with van der Waals surface area (Å²) in [4.78, 5) is 28.0. The Morgan fingerprint density at radius 3 is 1.64 bits per heavy atom. The van der Waals surface area contributed by atoms with Crippen molar-refractivity contribution in [2.45, 2.75) is 25.2 Å². The average molecular weight is 741 g/mol. The van der Waals surface area contributed by atoms with Crippen LogP contribution in [0.25, 0.3) is 38.9 Å². The fourth-order valence-electron chi connectivity index (χ4n) is 7.49. The number of benzene rings is 2. The fourth-order valence-corrected chi connectivity index (χ4v) is 7.49. The Morgan fingerprint density at radius 1 is 0.582 bits per heavy atom. The van der Waals surface area contributed by atoms with Crippen LogP contribution >= 0.6 is 0 Å². The second kappa shape index (κ2) is 16.7. The van der Waals surface area contributed by atoms with Gasteiger partial charge in [-0.25, -0.2) is 0 Å². The van der Waals surface area contributed by atoms with Gasteiger partial charge in [-0.2, -0.15) is 0 Å². The summed E-state index contributed by atoms with van der Waals surface area (Å²) in [6.45, 7) is 4.06. The number of likely N-dealkylation sites (tertiary alicyclic amines) is 1. The molecule has 0 unspecified atom stereocenters. The van der Waals surface area contributed by atoms with Gasteiger partial charge < -0.3 is 29.2 Å². The van der Waals surface area contributed by atoms with Gasteiger partial charge in [-0.3, -0.25) is 18.4 Å². The molecule has 0 saturated carbocycles. The molecule has 1 fully saturated rings. The van der Waals surface area contributed by atoms with Crippen LogP contribution < -0.4 is 35.4 Å². The molecule has 2 aromatic carbocycles. The molecule has 6 aromatic rings. The van der Waals surface area contributed by atoms with E-state index < -0.39 is 0 Å². The highest BCUT2D eigenvalue weighted by Gasteiger charge is 2.19. The van der Waals surface area contributed by atoms with Gasteiger partial charge in [0.1, 0.15) is 0 Å². The Bertz CT molecular complexity index is 2480. The smallest absolute Gasteiger partial charge is 0.255 e. The Labute approximate surface area is 321 Å². The van der Waals surface area contributed by atoms with E-state index in [4.69, 9.17) is 18.9 Å². The van der Waals surface area contributed by atoms with Crippen LogP contribution in [0.3, 0.4) is 0 Å². The van der Waals surface area contributed by atoms with Crippen molar-refractivity contribution in [2.75, 3.05) is 61.7 Å². The number of nitrogens with one attached hydrogen (secondary N) is 1. The minimum absolute atomic E-state index is 0.0166. The molecule has 1 N–H and O–H groups in total. The molecule has 0 aliphatic carbocycles. The first-order valence-corrected chi connectivity index (χ1v) is 18.6. The number of hydrogen-bond acceptors (Lipinski definition) is 8. The Kier molecular flexibility index (Phi) is 11.4. The third-order valence-electron chi connectivity index (χ3n) is 10.7.